The summed E-state index contributed by atoms with van der Waals surface area (Å²) in [6, 6.07) is 6.74. The molecule has 4 rings (SSSR count). The zero-order chi connectivity index (χ0) is 18.9. The molecule has 3 atom stereocenters. The van der Waals surface area contributed by atoms with Crippen LogP contribution < -0.4 is 5.32 Å². The lowest BCUT2D eigenvalue weighted by Crippen LogP contribution is -2.41. The summed E-state index contributed by atoms with van der Waals surface area (Å²) in [6.45, 7) is 1.15. The molecule has 3 fully saturated rings. The standard InChI is InChI=1S/C21H30N2O3S/c24-21(22-19-11-10-16-6-1-2-7-17(16)14-19)18-8-5-9-20(15-18)27(25,26)23-12-3-4-13-23/h5,8-9,15-17,19H,1-4,6-7,10-14H2,(H,22,24)/t16-,17+,19-/m1/s1. The van der Waals surface area contributed by atoms with Crippen LogP contribution >= 0.6 is 0 Å². The topological polar surface area (TPSA) is 66.5 Å². The molecule has 2 saturated carbocycles. The van der Waals surface area contributed by atoms with Gasteiger partial charge in [0.25, 0.3) is 5.91 Å². The van der Waals surface area contributed by atoms with Crippen LogP contribution in [0, 0.1) is 11.8 Å². The molecule has 27 heavy (non-hydrogen) atoms. The van der Waals surface area contributed by atoms with E-state index in [1.165, 1.54) is 42.5 Å². The number of nitrogens with one attached hydrogen (secondary N) is 1. The first kappa shape index (κ1) is 18.9. The first-order valence-electron chi connectivity index (χ1n) is 10.4. The van der Waals surface area contributed by atoms with Crippen LogP contribution in [0.5, 0.6) is 0 Å². The lowest BCUT2D eigenvalue weighted by atomic mass is 9.69. The molecule has 1 N–H and O–H groups in total. The molecule has 0 spiro atoms. The van der Waals surface area contributed by atoms with Gasteiger partial charge in [0.15, 0.2) is 0 Å². The number of carbonyl (C=O) groups excluding carboxylic acids is 1. The Labute approximate surface area is 162 Å². The molecule has 0 radical (unpaired) electrons. The number of hydrogen-bond acceptors (Lipinski definition) is 3. The van der Waals surface area contributed by atoms with Crippen LogP contribution in [0.25, 0.3) is 0 Å². The van der Waals surface area contributed by atoms with Gasteiger partial charge in [0.05, 0.1) is 4.90 Å². The van der Waals surface area contributed by atoms with Gasteiger partial charge in [-0.3, -0.25) is 4.79 Å². The van der Waals surface area contributed by atoms with Crippen LogP contribution in [0.2, 0.25) is 0 Å². The minimum absolute atomic E-state index is 0.146. The molecule has 2 aliphatic carbocycles. The first-order valence-corrected chi connectivity index (χ1v) is 11.9. The monoisotopic (exact) mass is 390 g/mol. The Bertz CT molecular complexity index is 786. The average molecular weight is 391 g/mol. The van der Waals surface area contributed by atoms with Gasteiger partial charge in [-0.1, -0.05) is 31.7 Å². The van der Waals surface area contributed by atoms with E-state index in [1.54, 1.807) is 18.2 Å². The summed E-state index contributed by atoms with van der Waals surface area (Å²) in [5.74, 6) is 1.45. The quantitative estimate of drug-likeness (QED) is 0.855. The second-order valence-electron chi connectivity index (χ2n) is 8.43. The van der Waals surface area contributed by atoms with Crippen molar-refractivity contribution in [2.45, 2.75) is 68.7 Å². The minimum atomic E-state index is -3.49. The van der Waals surface area contributed by atoms with Gasteiger partial charge in [-0.25, -0.2) is 8.42 Å². The third-order valence-electron chi connectivity index (χ3n) is 6.67. The number of hydrogen-bond donors (Lipinski definition) is 1. The Hall–Kier alpha value is -1.40. The van der Waals surface area contributed by atoms with Gasteiger partial charge >= 0.3 is 0 Å². The molecule has 5 nitrogen and oxygen atoms in total. The highest BCUT2D eigenvalue weighted by Gasteiger charge is 2.33. The Kier molecular flexibility index (Phi) is 5.55. The average Bonchev–Trinajstić information content (AvgIpc) is 3.24. The second kappa shape index (κ2) is 7.92. The number of amides is 1. The Balaban J connectivity index is 1.43. The van der Waals surface area contributed by atoms with E-state index in [0.29, 0.717) is 18.7 Å². The number of benzene rings is 1. The van der Waals surface area contributed by atoms with Crippen molar-refractivity contribution in [3.05, 3.63) is 29.8 Å². The molecule has 1 aliphatic heterocycles. The summed E-state index contributed by atoms with van der Waals surface area (Å²) in [6.07, 6.45) is 10.4. The largest absolute Gasteiger partial charge is 0.349 e. The van der Waals surface area contributed by atoms with Crippen LogP contribution in [0.1, 0.15) is 68.1 Å². The molecule has 0 unspecified atom stereocenters. The smallest absolute Gasteiger partial charge is 0.251 e. The highest BCUT2D eigenvalue weighted by molar-refractivity contribution is 7.89. The number of fused-ring (bicyclic) bond motifs is 1. The molecule has 148 valence electrons. The maximum atomic E-state index is 12.8. The van der Waals surface area contributed by atoms with Crippen LogP contribution in [-0.4, -0.2) is 37.8 Å². The van der Waals surface area contributed by atoms with Crippen LogP contribution in [0.3, 0.4) is 0 Å². The molecular formula is C21H30N2O3S. The first-order chi connectivity index (χ1) is 13.0. The summed E-state index contributed by atoms with van der Waals surface area (Å²) in [7, 11) is -3.49. The van der Waals surface area contributed by atoms with Gasteiger partial charge < -0.3 is 5.32 Å². The fraction of sp³-hybridized carbons (Fsp3) is 0.667. The van der Waals surface area contributed by atoms with Crippen molar-refractivity contribution in [1.29, 1.82) is 0 Å². The maximum absolute atomic E-state index is 12.8. The Morgan fingerprint density at radius 2 is 1.70 bits per heavy atom. The highest BCUT2D eigenvalue weighted by Crippen LogP contribution is 2.40. The fourth-order valence-corrected chi connectivity index (χ4v) is 6.71. The van der Waals surface area contributed by atoms with Gasteiger partial charge in [-0.2, -0.15) is 4.31 Å². The van der Waals surface area contributed by atoms with Gasteiger partial charge in [0.2, 0.25) is 10.0 Å². The van der Waals surface area contributed by atoms with Crippen molar-refractivity contribution in [2.24, 2.45) is 11.8 Å². The Morgan fingerprint density at radius 3 is 2.48 bits per heavy atom. The van der Waals surface area contributed by atoms with E-state index >= 15 is 0 Å². The summed E-state index contributed by atoms with van der Waals surface area (Å²) >= 11 is 0. The molecule has 0 bridgehead atoms. The minimum Gasteiger partial charge on any atom is -0.349 e. The summed E-state index contributed by atoms with van der Waals surface area (Å²) in [5, 5.41) is 3.17. The van der Waals surface area contributed by atoms with E-state index in [0.717, 1.165) is 37.5 Å². The van der Waals surface area contributed by atoms with Gasteiger partial charge in [0.1, 0.15) is 0 Å². The van der Waals surface area contributed by atoms with Crippen molar-refractivity contribution in [3.8, 4) is 0 Å². The third kappa shape index (κ3) is 4.06. The van der Waals surface area contributed by atoms with Crippen LogP contribution in [-0.2, 0) is 10.0 Å². The summed E-state index contributed by atoms with van der Waals surface area (Å²) in [4.78, 5) is 13.0. The lowest BCUT2D eigenvalue weighted by molar-refractivity contribution is 0.0879. The lowest BCUT2D eigenvalue weighted by Gasteiger charge is -2.39. The number of carbonyl (C=O) groups is 1. The molecule has 0 aromatic heterocycles. The van der Waals surface area contributed by atoms with Crippen molar-refractivity contribution in [2.75, 3.05) is 13.1 Å². The third-order valence-corrected chi connectivity index (χ3v) is 8.57. The van der Waals surface area contributed by atoms with Crippen LogP contribution in [0.4, 0.5) is 0 Å². The zero-order valence-electron chi connectivity index (χ0n) is 15.9. The van der Waals surface area contributed by atoms with Gasteiger partial charge in [0, 0.05) is 24.7 Å². The van der Waals surface area contributed by atoms with E-state index in [1.807, 2.05) is 0 Å². The SMILES string of the molecule is O=C(N[C@@H]1CC[C@H]2CCCC[C@H]2C1)c1cccc(S(=O)(=O)N2CCCC2)c1. The van der Waals surface area contributed by atoms with E-state index in [2.05, 4.69) is 5.32 Å². The van der Waals surface area contributed by atoms with Crippen molar-refractivity contribution < 1.29 is 13.2 Å². The molecule has 1 saturated heterocycles. The normalized spacial score (nSPS) is 29.3. The molecule has 1 heterocycles. The molecule has 1 aromatic rings. The molecule has 6 heteroatoms. The predicted octanol–water partition coefficient (Wildman–Crippen LogP) is 3.56. The maximum Gasteiger partial charge on any atom is 0.251 e. The number of rotatable bonds is 4. The molecule has 1 aromatic carbocycles. The fourth-order valence-electron chi connectivity index (χ4n) is 5.15. The predicted molar refractivity (Wildman–Crippen MR) is 105 cm³/mol. The van der Waals surface area contributed by atoms with Gasteiger partial charge in [-0.15, -0.1) is 0 Å². The zero-order valence-corrected chi connectivity index (χ0v) is 16.7. The van der Waals surface area contributed by atoms with E-state index in [9.17, 15) is 13.2 Å². The molecular weight excluding hydrogens is 360 g/mol. The van der Waals surface area contributed by atoms with E-state index < -0.39 is 10.0 Å². The molecule has 1 amide bonds. The Morgan fingerprint density at radius 1 is 0.963 bits per heavy atom. The second-order valence-corrected chi connectivity index (χ2v) is 10.4. The number of nitrogens with zero attached hydrogens (tertiary/aromatic N) is 1. The van der Waals surface area contributed by atoms with Crippen molar-refractivity contribution in [1.82, 2.24) is 9.62 Å². The van der Waals surface area contributed by atoms with Gasteiger partial charge in [-0.05, 0) is 62.1 Å². The van der Waals surface area contributed by atoms with E-state index in [-0.39, 0.29) is 16.8 Å². The van der Waals surface area contributed by atoms with Crippen molar-refractivity contribution >= 4 is 15.9 Å². The van der Waals surface area contributed by atoms with Crippen LogP contribution in [0.15, 0.2) is 29.2 Å². The van der Waals surface area contributed by atoms with E-state index in [4.69, 9.17) is 0 Å². The van der Waals surface area contributed by atoms with Crippen molar-refractivity contribution in [3.63, 3.8) is 0 Å². The highest BCUT2D eigenvalue weighted by atomic mass is 32.2. The summed E-state index contributed by atoms with van der Waals surface area (Å²) < 4.78 is 27.0. The summed E-state index contributed by atoms with van der Waals surface area (Å²) in [5.41, 5.74) is 0.445. The molecule has 3 aliphatic rings. The number of sulfonamides is 1.